The zero-order valence-electron chi connectivity index (χ0n) is 53.5. The summed E-state index contributed by atoms with van der Waals surface area (Å²) in [4.78, 5) is 128. The maximum atomic E-state index is 14.4. The van der Waals surface area contributed by atoms with Crippen molar-refractivity contribution < 1.29 is 83.8 Å². The Kier molecular flexibility index (Phi) is 21.2. The van der Waals surface area contributed by atoms with Crippen molar-refractivity contribution in [1.82, 2.24) is 14.9 Å². The number of hydrogen-bond donors (Lipinski definition) is 9. The van der Waals surface area contributed by atoms with Crippen molar-refractivity contribution in [3.05, 3.63) is 69.2 Å². The molecule has 1 aromatic carbocycles. The van der Waals surface area contributed by atoms with Gasteiger partial charge < -0.3 is 78.5 Å². The summed E-state index contributed by atoms with van der Waals surface area (Å²) in [7, 11) is -5.32. The summed E-state index contributed by atoms with van der Waals surface area (Å²) in [6.07, 6.45) is -4.79. The number of phosphoric acid groups is 1. The van der Waals surface area contributed by atoms with Crippen LogP contribution in [0.15, 0.2) is 67.8 Å². The number of allylic oxidation sites excluding steroid dienone is 6. The number of rotatable bonds is 26. The van der Waals surface area contributed by atoms with Crippen LogP contribution in [0.25, 0.3) is 16.4 Å². The van der Waals surface area contributed by atoms with Crippen molar-refractivity contribution in [3.8, 4) is 0 Å². The zero-order valence-corrected chi connectivity index (χ0v) is 55.4. The fraction of sp³-hybridized carbons (Fsp3) is 0.629. The quantitative estimate of drug-likeness (QED) is 0.0610. The minimum atomic E-state index is -5.32. The number of carbonyl (C=O) groups excluding carboxylic acids is 7. The number of aliphatic imine (C=N–C) groups is 3. The Labute approximate surface area is 539 Å². The number of fused-ring (bicyclic) bond motifs is 7. The molecule has 6 aliphatic heterocycles. The van der Waals surface area contributed by atoms with Crippen molar-refractivity contribution in [3.63, 3.8) is 0 Å². The van der Waals surface area contributed by atoms with Crippen LogP contribution in [0, 0.1) is 59.2 Å². The number of aromatic nitrogens is 2. The standard InChI is InChI=1S/C62H90N13O14P.Co/c1-29-20-39-40(21-30(29)2)75(28-70-39)57-52(84)53(41(27-76)87-57)89-90(85,86)88-31(3)26-69-49(83)18-19-59(8)37(22-46(66)80)56-62(11)61(10,25-48(68)82)36(14-17-45(65)79)51(74-62)33(5)55-60(9,24-47(67)81)34(12-15-43(63)77)38(71-55)23-42-58(6,7)35(13-16-44(64)78)50(72-42)32(4)54(59)73-56;/h20-21,23,28,31,34-37,41,52-53,56-57,76,84H,12-19,22,24-27H2,1-11H3,(H15,63,64,65,66,67,68,69,71,72,73,74,77,78,79,80,81,82,83,85,86);/q;+3/p-2. The molecule has 1 aromatic heterocycles. The fourth-order valence-corrected chi connectivity index (χ4v) is 16.4. The Morgan fingerprint density at radius 1 is 0.791 bits per heavy atom. The van der Waals surface area contributed by atoms with Gasteiger partial charge in [0.1, 0.15) is 18.3 Å². The zero-order chi connectivity index (χ0) is 66.7. The molecule has 91 heavy (non-hydrogen) atoms. The SMILES string of the molecule is CC1=C2N=C(C=C3N=C(C(C)=C4[N-]C(C(CC(N)=O)C4(C)CCC(=O)NCC(C)OP(=O)([O-])OC4C(CO)OC(n5cnc6cc(C)c(C)cc65)C4O)C4(C)N=C1C(CCC(N)=O)C4(C)CC(N)=O)C(CCC(N)=O)C3(C)C)C(CCC(N)=O)C2(C)CC(N)=O.[Co+3]. The van der Waals surface area contributed by atoms with Gasteiger partial charge in [0.15, 0.2) is 6.23 Å². The van der Waals surface area contributed by atoms with E-state index in [-0.39, 0.29) is 94.0 Å². The number of benzene rings is 1. The Morgan fingerprint density at radius 2 is 1.38 bits per heavy atom. The van der Waals surface area contributed by atoms with E-state index in [0.717, 1.165) is 11.1 Å². The molecular weight excluding hydrogens is 1240 g/mol. The fourth-order valence-electron chi connectivity index (χ4n) is 15.3. The Balaban J connectivity index is 0.0000118. The molecule has 6 aliphatic rings. The van der Waals surface area contributed by atoms with Crippen LogP contribution in [0.1, 0.15) is 150 Å². The molecule has 15 atom stereocenters. The van der Waals surface area contributed by atoms with Crippen LogP contribution >= 0.6 is 7.82 Å². The summed E-state index contributed by atoms with van der Waals surface area (Å²) in [5.74, 6) is -7.40. The third-order valence-electron chi connectivity index (χ3n) is 20.5. The Hall–Kier alpha value is -6.49. The first-order valence-corrected chi connectivity index (χ1v) is 32.0. The molecular formula is C62H88CoN13O14P+. The molecule has 29 heteroatoms. The third kappa shape index (κ3) is 13.8. The number of hydrogen-bond acceptors (Lipinski definition) is 18. The van der Waals surface area contributed by atoms with Gasteiger partial charge in [0.05, 0.1) is 41.3 Å². The van der Waals surface area contributed by atoms with Gasteiger partial charge >= 0.3 is 16.8 Å². The maximum Gasteiger partial charge on any atom is 3.00 e. The van der Waals surface area contributed by atoms with Crippen LogP contribution < -0.4 is 44.6 Å². The number of nitrogens with two attached hydrogens (primary N) is 6. The molecule has 7 heterocycles. The normalized spacial score (nSPS) is 31.7. The van der Waals surface area contributed by atoms with E-state index in [1.54, 1.807) is 6.92 Å². The third-order valence-corrected chi connectivity index (χ3v) is 21.6. The molecule has 15 N–H and O–H groups in total. The Bertz CT molecular complexity index is 3540. The number of imidazole rings is 1. The van der Waals surface area contributed by atoms with Crippen molar-refractivity contribution in [2.75, 3.05) is 13.2 Å². The van der Waals surface area contributed by atoms with Crippen LogP contribution in [0.3, 0.4) is 0 Å². The number of phosphoric ester groups is 1. The molecule has 8 bridgehead atoms. The van der Waals surface area contributed by atoms with E-state index in [2.05, 4.69) is 10.3 Å². The summed E-state index contributed by atoms with van der Waals surface area (Å²) in [6.45, 7) is 19.0. The number of nitrogens with zero attached hydrogens (tertiary/aromatic N) is 6. The molecule has 2 saturated heterocycles. The van der Waals surface area contributed by atoms with Crippen LogP contribution in [-0.2, 0) is 68.7 Å². The minimum absolute atomic E-state index is 0. The largest absolute Gasteiger partial charge is 3.00 e. The number of nitrogens with one attached hydrogen (secondary N) is 1. The summed E-state index contributed by atoms with van der Waals surface area (Å²) >= 11 is 0. The van der Waals surface area contributed by atoms with Gasteiger partial charge in [-0.3, -0.25) is 53.1 Å². The predicted octanol–water partition coefficient (Wildman–Crippen LogP) is 3.31. The average molecular weight is 1330 g/mol. The molecule has 7 amide bonds. The summed E-state index contributed by atoms with van der Waals surface area (Å²) in [5, 5.41) is 30.1. The van der Waals surface area contributed by atoms with E-state index in [1.807, 2.05) is 80.5 Å². The van der Waals surface area contributed by atoms with E-state index in [0.29, 0.717) is 56.4 Å². The molecule has 2 aromatic rings. The van der Waals surface area contributed by atoms with E-state index in [4.69, 9.17) is 68.5 Å². The van der Waals surface area contributed by atoms with E-state index in [9.17, 15) is 53.2 Å². The summed E-state index contributed by atoms with van der Waals surface area (Å²) < 4.78 is 31.9. The van der Waals surface area contributed by atoms with Crippen LogP contribution in [-0.4, -0.2) is 127 Å². The van der Waals surface area contributed by atoms with E-state index in [1.165, 1.54) is 17.8 Å². The van der Waals surface area contributed by atoms with Gasteiger partial charge in [-0.15, -0.1) is 0 Å². The Morgan fingerprint density at radius 3 is 1.97 bits per heavy atom. The van der Waals surface area contributed by atoms with Gasteiger partial charge in [-0.1, -0.05) is 40.7 Å². The van der Waals surface area contributed by atoms with Crippen molar-refractivity contribution in [2.45, 2.75) is 189 Å². The molecule has 8 rings (SSSR count). The molecule has 0 spiro atoms. The van der Waals surface area contributed by atoms with Crippen molar-refractivity contribution in [2.24, 2.45) is 94.7 Å². The first-order chi connectivity index (χ1) is 41.8. The smallest absolute Gasteiger partial charge is 0.756 e. The number of aryl methyl sites for hydroxylation is 2. The first-order valence-electron chi connectivity index (χ1n) is 30.5. The minimum Gasteiger partial charge on any atom is -0.756 e. The first kappa shape index (κ1) is 71.9. The molecule has 0 radical (unpaired) electrons. The molecule has 0 saturated carbocycles. The van der Waals surface area contributed by atoms with Gasteiger partial charge in [0, 0.05) is 108 Å². The number of primary amides is 6. The van der Waals surface area contributed by atoms with Crippen LogP contribution in [0.2, 0.25) is 0 Å². The molecule has 2 fully saturated rings. The van der Waals surface area contributed by atoms with Gasteiger partial charge in [0.2, 0.25) is 41.4 Å². The number of amides is 7. The second-order valence-electron chi connectivity index (χ2n) is 27.0. The monoisotopic (exact) mass is 1330 g/mol. The van der Waals surface area contributed by atoms with Gasteiger partial charge in [0.25, 0.3) is 7.82 Å². The second-order valence-corrected chi connectivity index (χ2v) is 28.3. The van der Waals surface area contributed by atoms with Crippen LogP contribution in [0.5, 0.6) is 0 Å². The summed E-state index contributed by atoms with van der Waals surface area (Å²) in [6, 6.07) is 2.65. The number of ether oxygens (including phenoxy) is 1. The van der Waals surface area contributed by atoms with Crippen molar-refractivity contribution >= 4 is 77.3 Å². The molecule has 498 valence electrons. The van der Waals surface area contributed by atoms with E-state index < -0.39 is 143 Å². The number of aliphatic hydroxyl groups excluding tert-OH is 2. The number of carbonyl (C=O) groups is 7. The second kappa shape index (κ2) is 26.8. The predicted molar refractivity (Wildman–Crippen MR) is 332 cm³/mol. The average Bonchev–Trinajstić information content (AvgIpc) is 1.53. The van der Waals surface area contributed by atoms with Gasteiger partial charge in [-0.05, 0) is 119 Å². The molecule has 27 nitrogen and oxygen atoms in total. The van der Waals surface area contributed by atoms with E-state index >= 15 is 0 Å². The molecule has 15 unspecified atom stereocenters. The summed E-state index contributed by atoms with van der Waals surface area (Å²) in [5.41, 5.74) is 36.7. The van der Waals surface area contributed by atoms with Crippen molar-refractivity contribution in [1.29, 1.82) is 0 Å². The number of aliphatic hydroxyl groups is 2. The van der Waals surface area contributed by atoms with Gasteiger partial charge in [-0.2, -0.15) is 5.70 Å². The molecule has 0 aliphatic carbocycles. The maximum absolute atomic E-state index is 14.4. The van der Waals surface area contributed by atoms with Crippen LogP contribution in [0.4, 0.5) is 0 Å². The topological polar surface area (TPSA) is 465 Å². The van der Waals surface area contributed by atoms with Gasteiger partial charge in [-0.25, -0.2) is 4.98 Å².